The van der Waals surface area contributed by atoms with Crippen LogP contribution < -0.4 is 5.32 Å². The SMILES string of the molecule is Cc1cccc(NC(=O)[C@@H](C)Sc2n[nH]c(-c3ccc(Cl)cc3)n2)c1. The number of thioether (sulfide) groups is 1. The van der Waals surface area contributed by atoms with Crippen LogP contribution in [0.15, 0.2) is 53.7 Å². The Morgan fingerprint density at radius 2 is 2.00 bits per heavy atom. The molecule has 7 heteroatoms. The van der Waals surface area contributed by atoms with Crippen molar-refractivity contribution in [3.05, 3.63) is 59.1 Å². The third kappa shape index (κ3) is 4.61. The third-order valence-corrected chi connectivity index (χ3v) is 4.73. The number of benzene rings is 2. The van der Waals surface area contributed by atoms with Crippen LogP contribution in [0.2, 0.25) is 5.02 Å². The molecule has 3 aromatic rings. The van der Waals surface area contributed by atoms with Gasteiger partial charge in [-0.25, -0.2) is 4.98 Å². The predicted octanol–water partition coefficient (Wildman–Crippen LogP) is 4.55. The van der Waals surface area contributed by atoms with Gasteiger partial charge in [0.25, 0.3) is 0 Å². The van der Waals surface area contributed by atoms with E-state index in [-0.39, 0.29) is 11.2 Å². The number of aryl methyl sites for hydroxylation is 1. The molecule has 25 heavy (non-hydrogen) atoms. The maximum Gasteiger partial charge on any atom is 0.237 e. The lowest BCUT2D eigenvalue weighted by Crippen LogP contribution is -2.22. The molecular formula is C18H17ClN4OS. The van der Waals surface area contributed by atoms with Gasteiger partial charge in [-0.1, -0.05) is 35.5 Å². The van der Waals surface area contributed by atoms with E-state index in [9.17, 15) is 4.79 Å². The molecule has 0 aliphatic carbocycles. The molecule has 1 aromatic heterocycles. The van der Waals surface area contributed by atoms with Crippen molar-refractivity contribution in [3.8, 4) is 11.4 Å². The van der Waals surface area contributed by atoms with Gasteiger partial charge in [-0.15, -0.1) is 5.10 Å². The molecule has 0 spiro atoms. The summed E-state index contributed by atoms with van der Waals surface area (Å²) in [4.78, 5) is 16.8. The van der Waals surface area contributed by atoms with Gasteiger partial charge in [0.2, 0.25) is 11.1 Å². The molecule has 0 radical (unpaired) electrons. The number of carbonyl (C=O) groups excluding carboxylic acids is 1. The molecule has 0 aliphatic heterocycles. The Morgan fingerprint density at radius 3 is 2.72 bits per heavy atom. The number of amides is 1. The van der Waals surface area contributed by atoms with Crippen molar-refractivity contribution in [1.82, 2.24) is 15.2 Å². The Morgan fingerprint density at radius 1 is 1.24 bits per heavy atom. The maximum absolute atomic E-state index is 12.3. The van der Waals surface area contributed by atoms with E-state index in [0.717, 1.165) is 16.8 Å². The van der Waals surface area contributed by atoms with Gasteiger partial charge in [-0.05, 0) is 55.8 Å². The number of halogens is 1. The van der Waals surface area contributed by atoms with E-state index < -0.39 is 0 Å². The number of aromatic nitrogens is 3. The summed E-state index contributed by atoms with van der Waals surface area (Å²) >= 11 is 7.19. The molecule has 1 amide bonds. The summed E-state index contributed by atoms with van der Waals surface area (Å²) < 4.78 is 0. The largest absolute Gasteiger partial charge is 0.325 e. The van der Waals surface area contributed by atoms with Gasteiger partial charge in [-0.2, -0.15) is 0 Å². The number of rotatable bonds is 5. The molecule has 0 saturated heterocycles. The Bertz CT molecular complexity index is 879. The molecule has 0 bridgehead atoms. The summed E-state index contributed by atoms with van der Waals surface area (Å²) in [6, 6.07) is 15.0. The number of aromatic amines is 1. The van der Waals surface area contributed by atoms with Gasteiger partial charge >= 0.3 is 0 Å². The van der Waals surface area contributed by atoms with Crippen LogP contribution in [0, 0.1) is 6.92 Å². The van der Waals surface area contributed by atoms with Crippen LogP contribution in [-0.4, -0.2) is 26.3 Å². The van der Waals surface area contributed by atoms with Crippen molar-refractivity contribution in [1.29, 1.82) is 0 Å². The summed E-state index contributed by atoms with van der Waals surface area (Å²) in [5.41, 5.74) is 2.77. The van der Waals surface area contributed by atoms with Crippen LogP contribution in [0.1, 0.15) is 12.5 Å². The van der Waals surface area contributed by atoms with Crippen molar-refractivity contribution in [2.45, 2.75) is 24.3 Å². The minimum Gasteiger partial charge on any atom is -0.325 e. The van der Waals surface area contributed by atoms with Crippen molar-refractivity contribution < 1.29 is 4.79 Å². The van der Waals surface area contributed by atoms with Crippen LogP contribution in [0.25, 0.3) is 11.4 Å². The predicted molar refractivity (Wildman–Crippen MR) is 102 cm³/mol. The zero-order valence-electron chi connectivity index (χ0n) is 13.8. The molecule has 0 fully saturated rings. The highest BCUT2D eigenvalue weighted by Gasteiger charge is 2.17. The Labute approximate surface area is 155 Å². The van der Waals surface area contributed by atoms with Gasteiger partial charge in [0.1, 0.15) is 0 Å². The van der Waals surface area contributed by atoms with Crippen LogP contribution in [0.4, 0.5) is 5.69 Å². The molecule has 0 unspecified atom stereocenters. The van der Waals surface area contributed by atoms with Crippen molar-refractivity contribution in [3.63, 3.8) is 0 Å². The number of carbonyl (C=O) groups is 1. The summed E-state index contributed by atoms with van der Waals surface area (Å²) in [6.07, 6.45) is 0. The summed E-state index contributed by atoms with van der Waals surface area (Å²) in [5.74, 6) is 0.555. The van der Waals surface area contributed by atoms with Gasteiger partial charge in [-0.3, -0.25) is 9.89 Å². The van der Waals surface area contributed by atoms with Crippen molar-refractivity contribution in [2.24, 2.45) is 0 Å². The minimum absolute atomic E-state index is 0.0894. The number of anilines is 1. The number of hydrogen-bond acceptors (Lipinski definition) is 4. The first-order valence-electron chi connectivity index (χ1n) is 7.74. The number of nitrogens with one attached hydrogen (secondary N) is 2. The van der Waals surface area contributed by atoms with Crippen LogP contribution in [0.5, 0.6) is 0 Å². The zero-order valence-corrected chi connectivity index (χ0v) is 15.4. The van der Waals surface area contributed by atoms with E-state index >= 15 is 0 Å². The Balaban J connectivity index is 1.63. The van der Waals surface area contributed by atoms with E-state index in [1.54, 1.807) is 12.1 Å². The maximum atomic E-state index is 12.3. The molecule has 5 nitrogen and oxygen atoms in total. The monoisotopic (exact) mass is 372 g/mol. The highest BCUT2D eigenvalue weighted by molar-refractivity contribution is 8.00. The fourth-order valence-corrected chi connectivity index (χ4v) is 3.06. The molecule has 0 aliphatic rings. The second kappa shape index (κ2) is 7.72. The van der Waals surface area contributed by atoms with Gasteiger partial charge in [0.05, 0.1) is 5.25 Å². The molecule has 1 atom stereocenters. The third-order valence-electron chi connectivity index (χ3n) is 3.52. The molecule has 2 aromatic carbocycles. The van der Waals surface area contributed by atoms with Gasteiger partial charge in [0.15, 0.2) is 5.82 Å². The number of nitrogens with zero attached hydrogens (tertiary/aromatic N) is 2. The molecule has 3 rings (SSSR count). The fraction of sp³-hybridized carbons (Fsp3) is 0.167. The second-order valence-electron chi connectivity index (χ2n) is 5.59. The minimum atomic E-state index is -0.325. The fourth-order valence-electron chi connectivity index (χ4n) is 2.21. The summed E-state index contributed by atoms with van der Waals surface area (Å²) in [7, 11) is 0. The van der Waals surface area contributed by atoms with Crippen LogP contribution in [0.3, 0.4) is 0 Å². The van der Waals surface area contributed by atoms with E-state index in [0.29, 0.717) is 16.0 Å². The molecule has 2 N–H and O–H groups in total. The van der Waals surface area contributed by atoms with Crippen molar-refractivity contribution >= 4 is 35.0 Å². The molecule has 1 heterocycles. The second-order valence-corrected chi connectivity index (χ2v) is 7.34. The normalized spacial score (nSPS) is 12.0. The lowest BCUT2D eigenvalue weighted by atomic mass is 10.2. The Kier molecular flexibility index (Phi) is 5.40. The first-order valence-corrected chi connectivity index (χ1v) is 8.99. The van der Waals surface area contributed by atoms with Gasteiger partial charge < -0.3 is 5.32 Å². The van der Waals surface area contributed by atoms with E-state index in [2.05, 4.69) is 20.5 Å². The van der Waals surface area contributed by atoms with Crippen LogP contribution >= 0.6 is 23.4 Å². The first-order chi connectivity index (χ1) is 12.0. The average molecular weight is 373 g/mol. The highest BCUT2D eigenvalue weighted by atomic mass is 35.5. The quantitative estimate of drug-likeness (QED) is 0.644. The lowest BCUT2D eigenvalue weighted by molar-refractivity contribution is -0.115. The number of hydrogen-bond donors (Lipinski definition) is 2. The van der Waals surface area contributed by atoms with Gasteiger partial charge in [0, 0.05) is 16.3 Å². The van der Waals surface area contributed by atoms with Crippen LogP contribution in [-0.2, 0) is 4.79 Å². The highest BCUT2D eigenvalue weighted by Crippen LogP contribution is 2.24. The first kappa shape index (κ1) is 17.5. The molecule has 128 valence electrons. The average Bonchev–Trinajstić information content (AvgIpc) is 3.04. The molecule has 0 saturated carbocycles. The van der Waals surface area contributed by atoms with Crippen molar-refractivity contribution in [2.75, 3.05) is 5.32 Å². The smallest absolute Gasteiger partial charge is 0.237 e. The summed E-state index contributed by atoms with van der Waals surface area (Å²) in [6.45, 7) is 3.81. The lowest BCUT2D eigenvalue weighted by Gasteiger charge is -2.10. The standard InChI is InChI=1S/C18H17ClN4OS/c1-11-4-3-5-15(10-11)20-17(24)12(2)25-18-21-16(22-23-18)13-6-8-14(19)9-7-13/h3-10,12H,1-2H3,(H,20,24)(H,21,22,23)/t12-/m1/s1. The molecular weight excluding hydrogens is 356 g/mol. The van der Waals surface area contributed by atoms with E-state index in [1.807, 2.05) is 50.2 Å². The topological polar surface area (TPSA) is 70.7 Å². The van der Waals surface area contributed by atoms with E-state index in [4.69, 9.17) is 11.6 Å². The zero-order chi connectivity index (χ0) is 17.8. The summed E-state index contributed by atoms with van der Waals surface area (Å²) in [5, 5.41) is 10.8. The Hall–Kier alpha value is -2.31. The number of H-pyrrole nitrogens is 1. The van der Waals surface area contributed by atoms with E-state index in [1.165, 1.54) is 11.8 Å².